The first-order valence-electron chi connectivity index (χ1n) is 9.58. The third-order valence-electron chi connectivity index (χ3n) is 6.54. The van der Waals surface area contributed by atoms with Gasteiger partial charge in [0.25, 0.3) is 5.91 Å². The standard InChI is InChI=1S/C21H22N2O8/c1-23(2)14-13-15(25)8-6-7-4-3-5-9(24)10(7)16(26)11(8)18(28)21(13,31)19(29)12(17(14)27)20(22)30/h3-5,8,13-15,24-25,27-28,31H,6H2,1-2H3,(H2,22,30)/t8-,13-,14+,15+,21+/m1/s1. The van der Waals surface area contributed by atoms with Crippen LogP contribution in [0.4, 0.5) is 0 Å². The van der Waals surface area contributed by atoms with Crippen molar-refractivity contribution in [2.45, 2.75) is 24.2 Å². The van der Waals surface area contributed by atoms with Gasteiger partial charge in [-0.2, -0.15) is 0 Å². The number of carbonyl (C=O) groups is 3. The van der Waals surface area contributed by atoms with E-state index in [0.29, 0.717) is 5.56 Å². The zero-order valence-electron chi connectivity index (χ0n) is 16.7. The number of carbonyl (C=O) groups excluding carboxylic acids is 3. The quantitative estimate of drug-likeness (QED) is 0.324. The van der Waals surface area contributed by atoms with Crippen molar-refractivity contribution in [3.8, 4) is 5.75 Å². The lowest BCUT2D eigenvalue weighted by Gasteiger charge is -2.52. The van der Waals surface area contributed by atoms with E-state index in [0.717, 1.165) is 0 Å². The summed E-state index contributed by atoms with van der Waals surface area (Å²) in [7, 11) is 2.97. The van der Waals surface area contributed by atoms with Gasteiger partial charge in [-0.3, -0.25) is 19.3 Å². The van der Waals surface area contributed by atoms with Crippen LogP contribution < -0.4 is 5.73 Å². The molecule has 1 amide bonds. The van der Waals surface area contributed by atoms with Gasteiger partial charge in [0.2, 0.25) is 5.78 Å². The average Bonchev–Trinajstić information content (AvgIpc) is 2.67. The topological polar surface area (TPSA) is 182 Å². The van der Waals surface area contributed by atoms with Crippen LogP contribution in [-0.2, 0) is 16.0 Å². The van der Waals surface area contributed by atoms with E-state index >= 15 is 0 Å². The zero-order chi connectivity index (χ0) is 23.0. The largest absolute Gasteiger partial charge is 0.510 e. The van der Waals surface area contributed by atoms with Crippen LogP contribution in [0.1, 0.15) is 15.9 Å². The van der Waals surface area contributed by atoms with Crippen LogP contribution in [0.15, 0.2) is 40.9 Å². The smallest absolute Gasteiger partial charge is 0.255 e. The summed E-state index contributed by atoms with van der Waals surface area (Å²) in [6.07, 6.45) is -1.53. The van der Waals surface area contributed by atoms with Gasteiger partial charge in [-0.25, -0.2) is 0 Å². The maximum Gasteiger partial charge on any atom is 0.255 e. The molecule has 0 aromatic heterocycles. The van der Waals surface area contributed by atoms with Crippen molar-refractivity contribution in [3.05, 3.63) is 52.0 Å². The Kier molecular flexibility index (Phi) is 4.51. The van der Waals surface area contributed by atoms with Crippen LogP contribution in [-0.4, -0.2) is 79.7 Å². The van der Waals surface area contributed by atoms with Crippen LogP contribution in [0, 0.1) is 11.8 Å². The highest BCUT2D eigenvalue weighted by molar-refractivity contribution is 6.24. The van der Waals surface area contributed by atoms with Gasteiger partial charge in [0.05, 0.1) is 23.6 Å². The molecule has 0 fully saturated rings. The number of aliphatic hydroxyl groups excluding tert-OH is 3. The van der Waals surface area contributed by atoms with Gasteiger partial charge in [-0.15, -0.1) is 0 Å². The number of aliphatic hydroxyl groups is 4. The summed E-state index contributed by atoms with van der Waals surface area (Å²) in [5.41, 5.74) is 1.36. The Morgan fingerprint density at radius 2 is 1.84 bits per heavy atom. The van der Waals surface area contributed by atoms with Gasteiger partial charge < -0.3 is 31.3 Å². The highest BCUT2D eigenvalue weighted by Gasteiger charge is 2.66. The maximum absolute atomic E-state index is 13.2. The van der Waals surface area contributed by atoms with E-state index in [1.807, 2.05) is 0 Å². The number of likely N-dealkylation sites (N-methyl/N-ethyl adjacent to an activating group) is 1. The number of phenolic OH excluding ortho intramolecular Hbond substituents is 1. The average molecular weight is 430 g/mol. The van der Waals surface area contributed by atoms with E-state index in [9.17, 15) is 39.9 Å². The van der Waals surface area contributed by atoms with E-state index in [2.05, 4.69) is 0 Å². The fourth-order valence-corrected chi connectivity index (χ4v) is 5.20. The van der Waals surface area contributed by atoms with Crippen LogP contribution in [0.5, 0.6) is 5.75 Å². The number of primary amides is 1. The molecule has 0 unspecified atom stereocenters. The van der Waals surface area contributed by atoms with Crippen molar-refractivity contribution in [1.29, 1.82) is 0 Å². The number of rotatable bonds is 2. The van der Waals surface area contributed by atoms with Gasteiger partial charge in [0.15, 0.2) is 11.4 Å². The van der Waals surface area contributed by atoms with Gasteiger partial charge in [0.1, 0.15) is 22.8 Å². The number of ketones is 2. The maximum atomic E-state index is 13.2. The highest BCUT2D eigenvalue weighted by Crippen LogP contribution is 2.52. The SMILES string of the molecule is CN(C)[C@@H]1C(O)=C(C(N)=O)C(=O)[C@@]2(O)C(O)=C3C(=O)c4c(O)cccc4C[C@H]3[C@H](O)[C@@H]12. The van der Waals surface area contributed by atoms with Crippen LogP contribution in [0.2, 0.25) is 0 Å². The minimum Gasteiger partial charge on any atom is -0.510 e. The van der Waals surface area contributed by atoms with Gasteiger partial charge in [-0.1, -0.05) is 12.1 Å². The number of phenols is 1. The predicted octanol–water partition coefficient (Wildman–Crippen LogP) is -0.909. The Morgan fingerprint density at radius 1 is 1.19 bits per heavy atom. The van der Waals surface area contributed by atoms with Crippen LogP contribution >= 0.6 is 0 Å². The lowest BCUT2D eigenvalue weighted by molar-refractivity contribution is -0.161. The second-order valence-electron chi connectivity index (χ2n) is 8.36. The Hall–Kier alpha value is -3.21. The number of fused-ring (bicyclic) bond motifs is 3. The molecule has 3 aliphatic carbocycles. The summed E-state index contributed by atoms with van der Waals surface area (Å²) in [5.74, 6) is -8.19. The Balaban J connectivity index is 2.02. The Morgan fingerprint density at radius 3 is 2.42 bits per heavy atom. The molecule has 5 atom stereocenters. The van der Waals surface area contributed by atoms with Crippen molar-refractivity contribution >= 4 is 17.5 Å². The molecule has 10 nitrogen and oxygen atoms in total. The molecule has 164 valence electrons. The summed E-state index contributed by atoms with van der Waals surface area (Å²) in [6, 6.07) is 3.14. The van der Waals surface area contributed by atoms with E-state index in [1.54, 1.807) is 6.07 Å². The summed E-state index contributed by atoms with van der Waals surface area (Å²) in [6.45, 7) is 0. The number of aromatic hydroxyl groups is 1. The highest BCUT2D eigenvalue weighted by atomic mass is 16.4. The molecule has 31 heavy (non-hydrogen) atoms. The number of nitrogens with two attached hydrogens (primary N) is 1. The molecule has 0 spiro atoms. The number of benzene rings is 1. The van der Waals surface area contributed by atoms with Crippen molar-refractivity contribution in [3.63, 3.8) is 0 Å². The van der Waals surface area contributed by atoms with Gasteiger partial charge in [0, 0.05) is 11.5 Å². The molecule has 0 aliphatic heterocycles. The van der Waals surface area contributed by atoms with Crippen molar-refractivity contribution in [1.82, 2.24) is 4.90 Å². The molecule has 0 saturated heterocycles. The lowest BCUT2D eigenvalue weighted by Crippen LogP contribution is -2.68. The molecule has 0 heterocycles. The summed E-state index contributed by atoms with van der Waals surface area (Å²) < 4.78 is 0. The third-order valence-corrected chi connectivity index (χ3v) is 6.54. The zero-order valence-corrected chi connectivity index (χ0v) is 16.7. The number of nitrogens with zero attached hydrogens (tertiary/aromatic N) is 1. The normalized spacial score (nSPS) is 32.7. The lowest BCUT2D eigenvalue weighted by atomic mass is 9.57. The number of amides is 1. The Bertz CT molecular complexity index is 1100. The molecule has 4 rings (SSSR count). The number of Topliss-reactive ketones (excluding diaryl/α,β-unsaturated/α-hetero) is 2. The first kappa shape index (κ1) is 21.0. The fourth-order valence-electron chi connectivity index (χ4n) is 5.20. The van der Waals surface area contributed by atoms with Crippen LogP contribution in [0.3, 0.4) is 0 Å². The number of hydrogen-bond donors (Lipinski definition) is 6. The summed E-state index contributed by atoms with van der Waals surface area (Å²) in [4.78, 5) is 39.5. The summed E-state index contributed by atoms with van der Waals surface area (Å²) in [5, 5.41) is 54.5. The second kappa shape index (κ2) is 6.64. The van der Waals surface area contributed by atoms with Crippen molar-refractivity contribution in [2.75, 3.05) is 14.1 Å². The van der Waals surface area contributed by atoms with Crippen molar-refractivity contribution < 1.29 is 39.9 Å². The molecule has 3 aliphatic rings. The summed E-state index contributed by atoms with van der Waals surface area (Å²) >= 11 is 0. The minimum absolute atomic E-state index is 0.0319. The number of hydrogen-bond acceptors (Lipinski definition) is 9. The molecule has 0 saturated carbocycles. The van der Waals surface area contributed by atoms with E-state index in [4.69, 9.17) is 5.73 Å². The predicted molar refractivity (Wildman–Crippen MR) is 105 cm³/mol. The van der Waals surface area contributed by atoms with Gasteiger partial charge in [-0.05, 0) is 32.1 Å². The van der Waals surface area contributed by atoms with Crippen LogP contribution in [0.25, 0.3) is 0 Å². The third kappa shape index (κ3) is 2.52. The first-order valence-corrected chi connectivity index (χ1v) is 9.58. The molecule has 0 bridgehead atoms. The minimum atomic E-state index is -2.88. The van der Waals surface area contributed by atoms with E-state index < -0.39 is 69.7 Å². The molecule has 1 aromatic rings. The Labute approximate surface area is 176 Å². The first-order chi connectivity index (χ1) is 14.4. The van der Waals surface area contributed by atoms with E-state index in [1.165, 1.54) is 31.1 Å². The molecule has 1 aromatic carbocycles. The molecule has 0 radical (unpaired) electrons. The van der Waals surface area contributed by atoms with Crippen molar-refractivity contribution in [2.24, 2.45) is 17.6 Å². The molecular weight excluding hydrogens is 408 g/mol. The van der Waals surface area contributed by atoms with Gasteiger partial charge >= 0.3 is 0 Å². The fraction of sp³-hybridized carbons (Fsp3) is 0.381. The molecular formula is C21H22N2O8. The van der Waals surface area contributed by atoms with E-state index in [-0.39, 0.29) is 17.7 Å². The monoisotopic (exact) mass is 430 g/mol. The molecule has 7 N–H and O–H groups in total. The molecule has 10 heteroatoms. The second-order valence-corrected chi connectivity index (χ2v) is 8.36.